The molecule has 0 radical (unpaired) electrons. The highest BCUT2D eigenvalue weighted by molar-refractivity contribution is 5.92. The van der Waals surface area contributed by atoms with Crippen LogP contribution >= 0.6 is 0 Å². The number of carbonyl (C=O) groups excluding carboxylic acids is 1. The molecule has 0 saturated carbocycles. The number of methoxy groups -OCH3 is 1. The highest BCUT2D eigenvalue weighted by Crippen LogP contribution is 2.28. The molecule has 0 aliphatic rings. The van der Waals surface area contributed by atoms with Crippen molar-refractivity contribution < 1.29 is 9.53 Å². The van der Waals surface area contributed by atoms with Gasteiger partial charge in [-0.05, 0) is 36.4 Å². The van der Waals surface area contributed by atoms with E-state index in [0.29, 0.717) is 5.56 Å². The summed E-state index contributed by atoms with van der Waals surface area (Å²) in [4.78, 5) is 15.4. The van der Waals surface area contributed by atoms with Gasteiger partial charge >= 0.3 is 0 Å². The lowest BCUT2D eigenvalue weighted by atomic mass is 10.1. The monoisotopic (exact) mass is 329 g/mol. The molecule has 25 heavy (non-hydrogen) atoms. The van der Waals surface area contributed by atoms with Gasteiger partial charge in [0, 0.05) is 22.1 Å². The van der Waals surface area contributed by atoms with Gasteiger partial charge in [0.15, 0.2) is 5.65 Å². The van der Waals surface area contributed by atoms with Crippen LogP contribution in [0.3, 0.4) is 0 Å². The van der Waals surface area contributed by atoms with E-state index in [4.69, 9.17) is 4.74 Å². The van der Waals surface area contributed by atoms with Crippen LogP contribution in [-0.4, -0.2) is 28.6 Å². The molecule has 122 valence electrons. The van der Waals surface area contributed by atoms with Gasteiger partial charge in [-0.1, -0.05) is 24.3 Å². The second-order valence-electron chi connectivity index (χ2n) is 5.63. The molecule has 1 N–H and O–H groups in total. The number of pyridine rings is 1. The number of H-pyrrole nitrogens is 1. The van der Waals surface area contributed by atoms with Gasteiger partial charge in [0.25, 0.3) is 0 Å². The van der Waals surface area contributed by atoms with Crippen LogP contribution in [0, 0.1) is 0 Å². The number of hydrogen-bond donors (Lipinski definition) is 1. The van der Waals surface area contributed by atoms with Crippen LogP contribution in [0.2, 0.25) is 0 Å². The molecule has 0 saturated heterocycles. The van der Waals surface area contributed by atoms with Crippen molar-refractivity contribution in [1.82, 2.24) is 15.2 Å². The first kappa shape index (κ1) is 15.1. The van der Waals surface area contributed by atoms with Crippen molar-refractivity contribution in [1.29, 1.82) is 0 Å². The van der Waals surface area contributed by atoms with Crippen LogP contribution in [0.5, 0.6) is 5.75 Å². The molecular formula is C20H15N3O2. The van der Waals surface area contributed by atoms with E-state index in [1.54, 1.807) is 19.2 Å². The van der Waals surface area contributed by atoms with Crippen LogP contribution in [0.4, 0.5) is 0 Å². The van der Waals surface area contributed by atoms with E-state index >= 15 is 0 Å². The first-order valence-electron chi connectivity index (χ1n) is 7.83. The van der Waals surface area contributed by atoms with Gasteiger partial charge in [-0.3, -0.25) is 9.89 Å². The summed E-state index contributed by atoms with van der Waals surface area (Å²) >= 11 is 0. The van der Waals surface area contributed by atoms with Crippen molar-refractivity contribution in [3.63, 3.8) is 0 Å². The third kappa shape index (κ3) is 2.76. The number of carbonyl (C=O) groups is 1. The smallest absolute Gasteiger partial charge is 0.156 e. The SMILES string of the molecule is COc1ccc(-c2n[nH]c3nc(-c4ccc(C=O)cc4)ccc23)cc1. The maximum atomic E-state index is 10.8. The van der Waals surface area contributed by atoms with E-state index in [-0.39, 0.29) is 0 Å². The third-order valence-electron chi connectivity index (χ3n) is 4.13. The van der Waals surface area contributed by atoms with E-state index in [1.165, 1.54) is 0 Å². The molecule has 2 heterocycles. The molecule has 2 aromatic heterocycles. The number of fused-ring (bicyclic) bond motifs is 1. The van der Waals surface area contributed by atoms with E-state index in [0.717, 1.165) is 45.6 Å². The fourth-order valence-electron chi connectivity index (χ4n) is 2.77. The topological polar surface area (TPSA) is 67.9 Å². The summed E-state index contributed by atoms with van der Waals surface area (Å²) in [6, 6.07) is 19.1. The van der Waals surface area contributed by atoms with Crippen molar-refractivity contribution >= 4 is 17.3 Å². The number of aromatic amines is 1. The van der Waals surface area contributed by atoms with Crippen molar-refractivity contribution in [2.75, 3.05) is 7.11 Å². The van der Waals surface area contributed by atoms with Crippen molar-refractivity contribution in [3.8, 4) is 28.3 Å². The number of aldehydes is 1. The fraction of sp³-hybridized carbons (Fsp3) is 0.0500. The molecule has 4 rings (SSSR count). The average Bonchev–Trinajstić information content (AvgIpc) is 3.11. The zero-order valence-corrected chi connectivity index (χ0v) is 13.6. The van der Waals surface area contributed by atoms with Gasteiger partial charge in [-0.25, -0.2) is 4.98 Å². The molecule has 0 atom stereocenters. The Morgan fingerprint density at radius 2 is 1.64 bits per heavy atom. The van der Waals surface area contributed by atoms with Crippen LogP contribution in [0.25, 0.3) is 33.5 Å². The Hall–Kier alpha value is -3.47. The summed E-state index contributed by atoms with van der Waals surface area (Å²) in [5.41, 5.74) is 5.00. The lowest BCUT2D eigenvalue weighted by Gasteiger charge is -2.03. The molecule has 0 fully saturated rings. The Morgan fingerprint density at radius 1 is 0.920 bits per heavy atom. The highest BCUT2D eigenvalue weighted by Gasteiger charge is 2.10. The summed E-state index contributed by atoms with van der Waals surface area (Å²) in [6.07, 6.45) is 0.830. The first-order chi connectivity index (χ1) is 12.3. The summed E-state index contributed by atoms with van der Waals surface area (Å²) in [5, 5.41) is 8.36. The molecule has 0 aliphatic carbocycles. The molecule has 0 spiro atoms. The van der Waals surface area contributed by atoms with Crippen molar-refractivity contribution in [2.45, 2.75) is 0 Å². The number of ether oxygens (including phenoxy) is 1. The fourth-order valence-corrected chi connectivity index (χ4v) is 2.77. The molecule has 5 nitrogen and oxygen atoms in total. The van der Waals surface area contributed by atoms with Crippen molar-refractivity contribution in [2.24, 2.45) is 0 Å². The Kier molecular flexibility index (Phi) is 3.74. The van der Waals surface area contributed by atoms with Gasteiger partial charge in [0.05, 0.1) is 12.8 Å². The lowest BCUT2D eigenvalue weighted by molar-refractivity contribution is 0.112. The first-order valence-corrected chi connectivity index (χ1v) is 7.83. The Balaban J connectivity index is 1.73. The number of aromatic nitrogens is 3. The standard InChI is InChI=1S/C20H15N3O2/c1-25-16-8-6-15(7-9-16)19-17-10-11-18(21-20(17)23-22-19)14-4-2-13(12-24)3-5-14/h2-12H,1H3,(H,21,22,23). The molecule has 2 aromatic carbocycles. The van der Waals surface area contributed by atoms with E-state index < -0.39 is 0 Å². The van der Waals surface area contributed by atoms with Crippen LogP contribution in [-0.2, 0) is 0 Å². The molecule has 0 bridgehead atoms. The number of hydrogen-bond acceptors (Lipinski definition) is 4. The molecule has 0 amide bonds. The molecule has 5 heteroatoms. The minimum atomic E-state index is 0.646. The van der Waals surface area contributed by atoms with Crippen LogP contribution < -0.4 is 4.74 Å². The third-order valence-corrected chi connectivity index (χ3v) is 4.13. The van der Waals surface area contributed by atoms with Crippen molar-refractivity contribution in [3.05, 3.63) is 66.2 Å². The normalized spacial score (nSPS) is 10.8. The second-order valence-corrected chi connectivity index (χ2v) is 5.63. The molecule has 4 aromatic rings. The minimum Gasteiger partial charge on any atom is -0.497 e. The Bertz CT molecular complexity index is 1030. The molecular weight excluding hydrogens is 314 g/mol. The summed E-state index contributed by atoms with van der Waals surface area (Å²) < 4.78 is 5.19. The minimum absolute atomic E-state index is 0.646. The van der Waals surface area contributed by atoms with Gasteiger partial charge in [0.1, 0.15) is 17.7 Å². The summed E-state index contributed by atoms with van der Waals surface area (Å²) in [5.74, 6) is 0.808. The maximum Gasteiger partial charge on any atom is 0.156 e. The highest BCUT2D eigenvalue weighted by atomic mass is 16.5. The second kappa shape index (κ2) is 6.20. The van der Waals surface area contributed by atoms with Gasteiger partial charge in [-0.15, -0.1) is 0 Å². The van der Waals surface area contributed by atoms with E-state index in [9.17, 15) is 4.79 Å². The van der Waals surface area contributed by atoms with Gasteiger partial charge < -0.3 is 4.74 Å². The van der Waals surface area contributed by atoms with Crippen LogP contribution in [0.1, 0.15) is 10.4 Å². The lowest BCUT2D eigenvalue weighted by Crippen LogP contribution is -1.86. The predicted molar refractivity (Wildman–Crippen MR) is 96.7 cm³/mol. The zero-order valence-electron chi connectivity index (χ0n) is 13.6. The van der Waals surface area contributed by atoms with E-state index in [2.05, 4.69) is 15.2 Å². The average molecular weight is 329 g/mol. The Morgan fingerprint density at radius 3 is 2.32 bits per heavy atom. The number of nitrogens with one attached hydrogen (secondary N) is 1. The largest absolute Gasteiger partial charge is 0.497 e. The van der Waals surface area contributed by atoms with Gasteiger partial charge in [0.2, 0.25) is 0 Å². The molecule has 0 unspecified atom stereocenters. The maximum absolute atomic E-state index is 10.8. The quantitative estimate of drug-likeness (QED) is 0.572. The number of rotatable bonds is 4. The van der Waals surface area contributed by atoms with E-state index in [1.807, 2.05) is 48.5 Å². The molecule has 0 aliphatic heterocycles. The number of nitrogens with zero attached hydrogens (tertiary/aromatic N) is 2. The predicted octanol–water partition coefficient (Wildman–Crippen LogP) is 4.11. The summed E-state index contributed by atoms with van der Waals surface area (Å²) in [6.45, 7) is 0. The Labute approximate surface area is 144 Å². The summed E-state index contributed by atoms with van der Waals surface area (Å²) in [7, 11) is 1.64. The number of benzene rings is 2. The zero-order chi connectivity index (χ0) is 17.2. The van der Waals surface area contributed by atoms with Gasteiger partial charge in [-0.2, -0.15) is 5.10 Å². The van der Waals surface area contributed by atoms with Crippen LogP contribution in [0.15, 0.2) is 60.7 Å².